The lowest BCUT2D eigenvalue weighted by molar-refractivity contribution is -0.137. The lowest BCUT2D eigenvalue weighted by Gasteiger charge is -2.16. The van der Waals surface area contributed by atoms with Gasteiger partial charge in [-0.1, -0.05) is 30.3 Å². The number of benzene rings is 2. The van der Waals surface area contributed by atoms with Crippen LogP contribution in [0.5, 0.6) is 0 Å². The van der Waals surface area contributed by atoms with Gasteiger partial charge in [-0.05, 0) is 30.7 Å². The highest BCUT2D eigenvalue weighted by Crippen LogP contribution is 2.30. The van der Waals surface area contributed by atoms with Crippen LogP contribution in [0.4, 0.5) is 13.2 Å². The summed E-state index contributed by atoms with van der Waals surface area (Å²) in [5.41, 5.74) is -0.262. The molecule has 2 aromatic carbocycles. The van der Waals surface area contributed by atoms with Crippen molar-refractivity contribution in [3.05, 3.63) is 75.7 Å². The molecule has 8 heteroatoms. The zero-order valence-electron chi connectivity index (χ0n) is 15.2. The van der Waals surface area contributed by atoms with E-state index in [1.165, 1.54) is 23.9 Å². The molecule has 1 N–H and O–H groups in total. The van der Waals surface area contributed by atoms with Crippen LogP contribution in [0.1, 0.15) is 29.8 Å². The molecule has 146 valence electrons. The third kappa shape index (κ3) is 4.05. The largest absolute Gasteiger partial charge is 0.416 e. The fourth-order valence-corrected chi connectivity index (χ4v) is 3.02. The number of nitrogens with zero attached hydrogens (tertiary/aromatic N) is 2. The second kappa shape index (κ2) is 7.46. The van der Waals surface area contributed by atoms with E-state index in [2.05, 4.69) is 10.4 Å². The molecule has 1 aromatic heterocycles. The van der Waals surface area contributed by atoms with Crippen molar-refractivity contribution in [3.63, 3.8) is 0 Å². The number of alkyl halides is 3. The van der Waals surface area contributed by atoms with Crippen LogP contribution >= 0.6 is 0 Å². The lowest BCUT2D eigenvalue weighted by Crippen LogP contribution is -2.30. The second-order valence-electron chi connectivity index (χ2n) is 6.51. The van der Waals surface area contributed by atoms with Gasteiger partial charge in [0.25, 0.3) is 5.56 Å². The van der Waals surface area contributed by atoms with E-state index in [9.17, 15) is 22.8 Å². The molecule has 0 saturated carbocycles. The van der Waals surface area contributed by atoms with Crippen molar-refractivity contribution < 1.29 is 18.0 Å². The molecule has 0 aliphatic heterocycles. The van der Waals surface area contributed by atoms with Crippen molar-refractivity contribution >= 4 is 16.7 Å². The van der Waals surface area contributed by atoms with Gasteiger partial charge >= 0.3 is 6.18 Å². The Morgan fingerprint density at radius 1 is 1.14 bits per heavy atom. The monoisotopic (exact) mass is 389 g/mol. The van der Waals surface area contributed by atoms with E-state index in [1.54, 1.807) is 31.2 Å². The van der Waals surface area contributed by atoms with Crippen LogP contribution in [-0.2, 0) is 24.4 Å². The first kappa shape index (κ1) is 19.6. The molecule has 0 saturated heterocycles. The van der Waals surface area contributed by atoms with Crippen molar-refractivity contribution in [2.45, 2.75) is 25.6 Å². The van der Waals surface area contributed by atoms with Crippen LogP contribution in [0.25, 0.3) is 10.8 Å². The Kier molecular flexibility index (Phi) is 5.22. The summed E-state index contributed by atoms with van der Waals surface area (Å²) < 4.78 is 39.8. The summed E-state index contributed by atoms with van der Waals surface area (Å²) in [4.78, 5) is 24.6. The van der Waals surface area contributed by atoms with Crippen molar-refractivity contribution in [2.75, 3.05) is 0 Å². The highest BCUT2D eigenvalue weighted by atomic mass is 19.4. The minimum atomic E-state index is -4.45. The molecular weight excluding hydrogens is 371 g/mol. The molecule has 0 fully saturated rings. The number of hydrogen-bond donors (Lipinski definition) is 1. The normalized spacial score (nSPS) is 12.8. The predicted octanol–water partition coefficient (Wildman–Crippen LogP) is 3.37. The number of amides is 1. The van der Waals surface area contributed by atoms with Crippen LogP contribution in [0.15, 0.2) is 53.3 Å². The van der Waals surface area contributed by atoms with Crippen LogP contribution in [0.3, 0.4) is 0 Å². The van der Waals surface area contributed by atoms with Gasteiger partial charge in [-0.2, -0.15) is 18.3 Å². The maximum absolute atomic E-state index is 12.9. The third-order valence-electron chi connectivity index (χ3n) is 4.45. The van der Waals surface area contributed by atoms with Crippen molar-refractivity contribution in [1.82, 2.24) is 15.1 Å². The van der Waals surface area contributed by atoms with Crippen LogP contribution in [0, 0.1) is 0 Å². The molecular formula is C20H18F3N3O2. The molecule has 0 spiro atoms. The Balaban J connectivity index is 1.81. The number of rotatable bonds is 4. The minimum Gasteiger partial charge on any atom is -0.349 e. The number of aromatic nitrogens is 2. The Bertz CT molecular complexity index is 1090. The van der Waals surface area contributed by atoms with E-state index in [0.717, 1.165) is 12.1 Å². The summed E-state index contributed by atoms with van der Waals surface area (Å²) in [7, 11) is 1.50. The molecule has 0 aliphatic rings. The van der Waals surface area contributed by atoms with E-state index in [4.69, 9.17) is 0 Å². The smallest absolute Gasteiger partial charge is 0.349 e. The maximum Gasteiger partial charge on any atom is 0.416 e. The van der Waals surface area contributed by atoms with Crippen molar-refractivity contribution in [2.24, 2.45) is 7.05 Å². The highest BCUT2D eigenvalue weighted by Gasteiger charge is 2.30. The first-order valence-corrected chi connectivity index (χ1v) is 8.58. The number of carbonyl (C=O) groups excluding carboxylic acids is 1. The molecule has 1 amide bonds. The summed E-state index contributed by atoms with van der Waals surface area (Å²) in [6, 6.07) is 11.1. The average Bonchev–Trinajstić information content (AvgIpc) is 2.65. The number of carbonyl (C=O) groups is 1. The SMILES string of the molecule is C[C@@H](NC(=O)Cc1nn(C)c(=O)c2ccccc12)c1cccc(C(F)(F)F)c1. The molecule has 1 atom stereocenters. The zero-order valence-corrected chi connectivity index (χ0v) is 15.2. The predicted molar refractivity (Wildman–Crippen MR) is 98.7 cm³/mol. The van der Waals surface area contributed by atoms with E-state index < -0.39 is 23.7 Å². The van der Waals surface area contributed by atoms with E-state index in [-0.39, 0.29) is 12.0 Å². The van der Waals surface area contributed by atoms with Gasteiger partial charge in [0, 0.05) is 12.4 Å². The first-order chi connectivity index (χ1) is 13.2. The van der Waals surface area contributed by atoms with Crippen LogP contribution in [-0.4, -0.2) is 15.7 Å². The number of nitrogens with one attached hydrogen (secondary N) is 1. The standard InChI is InChI=1S/C20H18F3N3O2/c1-12(13-6-5-7-14(10-13)20(21,22)23)24-18(27)11-17-15-8-3-4-9-16(15)19(28)26(2)25-17/h3-10,12H,11H2,1-2H3,(H,24,27)/t12-/m1/s1. The fraction of sp³-hybridized carbons (Fsp3) is 0.250. The van der Waals surface area contributed by atoms with Gasteiger partial charge in [0.15, 0.2) is 0 Å². The van der Waals surface area contributed by atoms with Gasteiger partial charge in [0.2, 0.25) is 5.91 Å². The van der Waals surface area contributed by atoms with Gasteiger partial charge in [0.05, 0.1) is 29.1 Å². The van der Waals surface area contributed by atoms with Crippen molar-refractivity contribution in [1.29, 1.82) is 0 Å². The average molecular weight is 389 g/mol. The first-order valence-electron chi connectivity index (χ1n) is 8.58. The van der Waals surface area contributed by atoms with E-state index in [1.807, 2.05) is 0 Å². The molecule has 0 unspecified atom stereocenters. The summed E-state index contributed by atoms with van der Waals surface area (Å²) >= 11 is 0. The number of aryl methyl sites for hydroxylation is 1. The Morgan fingerprint density at radius 2 is 1.82 bits per heavy atom. The number of hydrogen-bond acceptors (Lipinski definition) is 3. The number of fused-ring (bicyclic) bond motifs is 1. The molecule has 3 aromatic rings. The Labute approximate surface area is 158 Å². The molecule has 1 heterocycles. The van der Waals surface area contributed by atoms with Gasteiger partial charge < -0.3 is 5.32 Å². The molecule has 0 bridgehead atoms. The van der Waals surface area contributed by atoms with Gasteiger partial charge in [-0.15, -0.1) is 0 Å². The quantitative estimate of drug-likeness (QED) is 0.744. The maximum atomic E-state index is 12.9. The van der Waals surface area contributed by atoms with Crippen molar-refractivity contribution in [3.8, 4) is 0 Å². The molecule has 3 rings (SSSR count). The van der Waals surface area contributed by atoms with Gasteiger partial charge in [-0.25, -0.2) is 4.68 Å². The topological polar surface area (TPSA) is 64.0 Å². The van der Waals surface area contributed by atoms with E-state index in [0.29, 0.717) is 22.0 Å². The molecule has 5 nitrogen and oxygen atoms in total. The van der Waals surface area contributed by atoms with Crippen LogP contribution < -0.4 is 10.9 Å². The lowest BCUT2D eigenvalue weighted by atomic mass is 10.0. The van der Waals surface area contributed by atoms with E-state index >= 15 is 0 Å². The fourth-order valence-electron chi connectivity index (χ4n) is 3.02. The Hall–Kier alpha value is -3.16. The highest BCUT2D eigenvalue weighted by molar-refractivity contribution is 5.88. The zero-order chi connectivity index (χ0) is 20.5. The summed E-state index contributed by atoms with van der Waals surface area (Å²) in [5.74, 6) is -0.402. The van der Waals surface area contributed by atoms with Crippen LogP contribution in [0.2, 0.25) is 0 Å². The molecule has 0 radical (unpaired) electrons. The second-order valence-corrected chi connectivity index (χ2v) is 6.51. The third-order valence-corrected chi connectivity index (χ3v) is 4.45. The molecule has 28 heavy (non-hydrogen) atoms. The number of halogens is 3. The summed E-state index contributed by atoms with van der Waals surface area (Å²) in [5, 5.41) is 7.88. The summed E-state index contributed by atoms with van der Waals surface area (Å²) in [6.45, 7) is 1.61. The summed E-state index contributed by atoms with van der Waals surface area (Å²) in [6.07, 6.45) is -4.55. The minimum absolute atomic E-state index is 0.0993. The van der Waals surface area contributed by atoms with Gasteiger partial charge in [-0.3, -0.25) is 9.59 Å². The Morgan fingerprint density at radius 3 is 2.50 bits per heavy atom. The van der Waals surface area contributed by atoms with Gasteiger partial charge in [0.1, 0.15) is 0 Å². The molecule has 0 aliphatic carbocycles.